The molecule has 146 valence electrons. The molecule has 2 rings (SSSR count). The van der Waals surface area contributed by atoms with Crippen molar-refractivity contribution in [1.29, 1.82) is 0 Å². The molecule has 2 aliphatic rings. The SMILES string of the molecule is CC(OCC1CCCO1)C(=O)N1CCCCC1CNC(=O)CCN.Cl. The highest BCUT2D eigenvalue weighted by Crippen LogP contribution is 2.19. The fourth-order valence-electron chi connectivity index (χ4n) is 3.29. The highest BCUT2D eigenvalue weighted by molar-refractivity contribution is 5.85. The Morgan fingerprint density at radius 3 is 2.80 bits per heavy atom. The van der Waals surface area contributed by atoms with Crippen LogP contribution in [-0.4, -0.2) is 67.8 Å². The fourth-order valence-corrected chi connectivity index (χ4v) is 3.29. The number of hydrogen-bond donors (Lipinski definition) is 2. The Labute approximate surface area is 156 Å². The van der Waals surface area contributed by atoms with Crippen LogP contribution in [0.4, 0.5) is 0 Å². The zero-order valence-corrected chi connectivity index (χ0v) is 15.9. The second-order valence-corrected chi connectivity index (χ2v) is 6.63. The standard InChI is InChI=1S/C17H31N3O4.ClH/c1-13(24-12-15-6-4-10-23-15)17(22)20-9-3-2-5-14(20)11-19-16(21)7-8-18;/h13-15H,2-12,18H2,1H3,(H,19,21);1H. The number of rotatable bonds is 8. The maximum Gasteiger partial charge on any atom is 0.251 e. The van der Waals surface area contributed by atoms with Gasteiger partial charge >= 0.3 is 0 Å². The van der Waals surface area contributed by atoms with Crippen molar-refractivity contribution in [3.05, 3.63) is 0 Å². The summed E-state index contributed by atoms with van der Waals surface area (Å²) in [6.45, 7) is 4.61. The molecule has 0 aliphatic carbocycles. The van der Waals surface area contributed by atoms with Crippen molar-refractivity contribution >= 4 is 24.2 Å². The monoisotopic (exact) mass is 377 g/mol. The van der Waals surface area contributed by atoms with Gasteiger partial charge in [-0.05, 0) is 39.0 Å². The van der Waals surface area contributed by atoms with Gasteiger partial charge in [-0.2, -0.15) is 0 Å². The molecule has 2 fully saturated rings. The van der Waals surface area contributed by atoms with E-state index in [1.54, 1.807) is 6.92 Å². The van der Waals surface area contributed by atoms with Gasteiger partial charge in [-0.15, -0.1) is 12.4 Å². The van der Waals surface area contributed by atoms with Gasteiger partial charge in [0.25, 0.3) is 5.91 Å². The number of likely N-dealkylation sites (tertiary alicyclic amines) is 1. The first-order chi connectivity index (χ1) is 11.6. The lowest BCUT2D eigenvalue weighted by molar-refractivity contribution is -0.148. The van der Waals surface area contributed by atoms with Crippen molar-refractivity contribution in [2.45, 2.75) is 63.7 Å². The van der Waals surface area contributed by atoms with E-state index in [1.165, 1.54) is 0 Å². The van der Waals surface area contributed by atoms with Crippen LogP contribution < -0.4 is 11.1 Å². The molecule has 2 heterocycles. The molecule has 2 saturated heterocycles. The van der Waals surface area contributed by atoms with E-state index in [-0.39, 0.29) is 36.4 Å². The fraction of sp³-hybridized carbons (Fsp3) is 0.882. The van der Waals surface area contributed by atoms with E-state index < -0.39 is 6.10 Å². The molecule has 3 unspecified atom stereocenters. The second kappa shape index (κ2) is 11.7. The molecule has 0 aromatic rings. The zero-order chi connectivity index (χ0) is 17.4. The van der Waals surface area contributed by atoms with E-state index >= 15 is 0 Å². The number of nitrogens with zero attached hydrogens (tertiary/aromatic N) is 1. The van der Waals surface area contributed by atoms with Gasteiger partial charge in [0.2, 0.25) is 5.91 Å². The van der Waals surface area contributed by atoms with Gasteiger partial charge in [0.15, 0.2) is 0 Å². The molecule has 25 heavy (non-hydrogen) atoms. The van der Waals surface area contributed by atoms with Crippen molar-refractivity contribution in [1.82, 2.24) is 10.2 Å². The van der Waals surface area contributed by atoms with Crippen LogP contribution in [-0.2, 0) is 19.1 Å². The van der Waals surface area contributed by atoms with Crippen molar-refractivity contribution in [3.8, 4) is 0 Å². The Morgan fingerprint density at radius 1 is 1.32 bits per heavy atom. The molecular weight excluding hydrogens is 346 g/mol. The number of carbonyl (C=O) groups excluding carboxylic acids is 2. The van der Waals surface area contributed by atoms with E-state index in [9.17, 15) is 9.59 Å². The molecule has 0 aromatic carbocycles. The van der Waals surface area contributed by atoms with Crippen LogP contribution in [0.15, 0.2) is 0 Å². The Hall–Kier alpha value is -0.890. The van der Waals surface area contributed by atoms with E-state index in [2.05, 4.69) is 5.32 Å². The summed E-state index contributed by atoms with van der Waals surface area (Å²) in [5, 5.41) is 2.88. The minimum absolute atomic E-state index is 0. The first kappa shape index (κ1) is 22.2. The normalized spacial score (nSPS) is 24.5. The van der Waals surface area contributed by atoms with Crippen LogP contribution in [0.5, 0.6) is 0 Å². The maximum absolute atomic E-state index is 12.7. The molecule has 0 bridgehead atoms. The Bertz CT molecular complexity index is 419. The smallest absolute Gasteiger partial charge is 0.251 e. The van der Waals surface area contributed by atoms with Crippen molar-refractivity contribution < 1.29 is 19.1 Å². The van der Waals surface area contributed by atoms with Crippen LogP contribution in [0.2, 0.25) is 0 Å². The number of ether oxygens (including phenoxy) is 2. The number of halogens is 1. The van der Waals surface area contributed by atoms with Crippen LogP contribution in [0.1, 0.15) is 45.4 Å². The van der Waals surface area contributed by atoms with Crippen LogP contribution in [0.3, 0.4) is 0 Å². The Balaban J connectivity index is 0.00000312. The largest absolute Gasteiger partial charge is 0.376 e. The molecule has 8 heteroatoms. The average Bonchev–Trinajstić information content (AvgIpc) is 3.11. The number of nitrogens with two attached hydrogens (primary N) is 1. The molecule has 0 saturated carbocycles. The molecular formula is C17H32ClN3O4. The minimum Gasteiger partial charge on any atom is -0.376 e. The lowest BCUT2D eigenvalue weighted by atomic mass is 10.0. The van der Waals surface area contributed by atoms with Crippen LogP contribution in [0, 0.1) is 0 Å². The maximum atomic E-state index is 12.7. The van der Waals surface area contributed by atoms with Crippen molar-refractivity contribution in [2.75, 3.05) is 32.8 Å². The summed E-state index contributed by atoms with van der Waals surface area (Å²) in [5.74, 6) is -0.0519. The van der Waals surface area contributed by atoms with E-state index in [4.69, 9.17) is 15.2 Å². The number of nitrogens with one attached hydrogen (secondary N) is 1. The third kappa shape index (κ3) is 7.09. The molecule has 2 amide bonds. The third-order valence-electron chi connectivity index (χ3n) is 4.72. The second-order valence-electron chi connectivity index (χ2n) is 6.63. The minimum atomic E-state index is -0.477. The number of piperidine rings is 1. The number of carbonyl (C=O) groups is 2. The average molecular weight is 378 g/mol. The summed E-state index contributed by atoms with van der Waals surface area (Å²) in [5.41, 5.74) is 5.39. The van der Waals surface area contributed by atoms with Gasteiger partial charge in [0.1, 0.15) is 6.10 Å². The van der Waals surface area contributed by atoms with Gasteiger partial charge in [0.05, 0.1) is 12.7 Å². The summed E-state index contributed by atoms with van der Waals surface area (Å²) >= 11 is 0. The summed E-state index contributed by atoms with van der Waals surface area (Å²) in [6, 6.07) is 0.0433. The first-order valence-electron chi connectivity index (χ1n) is 9.12. The summed E-state index contributed by atoms with van der Waals surface area (Å²) in [6.07, 6.45) is 5.01. The molecule has 0 aromatic heterocycles. The lowest BCUT2D eigenvalue weighted by Gasteiger charge is -2.37. The van der Waals surface area contributed by atoms with E-state index in [1.807, 2.05) is 4.90 Å². The zero-order valence-electron chi connectivity index (χ0n) is 15.1. The van der Waals surface area contributed by atoms with Gasteiger partial charge in [-0.3, -0.25) is 9.59 Å². The van der Waals surface area contributed by atoms with Gasteiger partial charge < -0.3 is 25.4 Å². The predicted octanol–water partition coefficient (Wildman–Crippen LogP) is 0.838. The van der Waals surface area contributed by atoms with Crippen molar-refractivity contribution in [2.24, 2.45) is 5.73 Å². The Morgan fingerprint density at radius 2 is 2.12 bits per heavy atom. The van der Waals surface area contributed by atoms with E-state index in [0.717, 1.165) is 45.3 Å². The van der Waals surface area contributed by atoms with Crippen molar-refractivity contribution in [3.63, 3.8) is 0 Å². The van der Waals surface area contributed by atoms with Crippen LogP contribution >= 0.6 is 12.4 Å². The predicted molar refractivity (Wildman–Crippen MR) is 97.7 cm³/mol. The highest BCUT2D eigenvalue weighted by atomic mass is 35.5. The number of amides is 2. The summed E-state index contributed by atoms with van der Waals surface area (Å²) in [4.78, 5) is 26.2. The Kier molecular flexibility index (Phi) is 10.3. The molecule has 0 spiro atoms. The molecule has 3 N–H and O–H groups in total. The first-order valence-corrected chi connectivity index (χ1v) is 9.12. The van der Waals surface area contributed by atoms with Gasteiger partial charge in [-0.1, -0.05) is 0 Å². The third-order valence-corrected chi connectivity index (χ3v) is 4.72. The molecule has 3 atom stereocenters. The van der Waals surface area contributed by atoms with Gasteiger partial charge in [-0.25, -0.2) is 0 Å². The molecule has 2 aliphatic heterocycles. The van der Waals surface area contributed by atoms with Gasteiger partial charge in [0, 0.05) is 38.7 Å². The van der Waals surface area contributed by atoms with Crippen LogP contribution in [0.25, 0.3) is 0 Å². The highest BCUT2D eigenvalue weighted by Gasteiger charge is 2.30. The molecule has 7 nitrogen and oxygen atoms in total. The number of hydrogen-bond acceptors (Lipinski definition) is 5. The molecule has 0 radical (unpaired) electrons. The summed E-state index contributed by atoms with van der Waals surface area (Å²) < 4.78 is 11.3. The topological polar surface area (TPSA) is 93.9 Å². The quantitative estimate of drug-likeness (QED) is 0.653. The summed E-state index contributed by atoms with van der Waals surface area (Å²) in [7, 11) is 0. The van der Waals surface area contributed by atoms with E-state index in [0.29, 0.717) is 26.1 Å². The lowest BCUT2D eigenvalue weighted by Crippen LogP contribution is -2.52.